The second-order valence-corrected chi connectivity index (χ2v) is 6.84. The first-order chi connectivity index (χ1) is 10.2. The highest BCUT2D eigenvalue weighted by Gasteiger charge is 2.09. The van der Waals surface area contributed by atoms with Gasteiger partial charge in [-0.2, -0.15) is 0 Å². The molecule has 0 aliphatic carbocycles. The summed E-state index contributed by atoms with van der Waals surface area (Å²) in [5, 5.41) is 0. The molecule has 1 rings (SSSR count). The summed E-state index contributed by atoms with van der Waals surface area (Å²) in [6, 6.07) is 9.39. The van der Waals surface area contributed by atoms with Crippen LogP contribution in [0.1, 0.15) is 108 Å². The molecule has 0 heteroatoms. The van der Waals surface area contributed by atoms with E-state index in [0.29, 0.717) is 5.92 Å². The number of hydrogen-bond donors (Lipinski definition) is 0. The van der Waals surface area contributed by atoms with Gasteiger partial charge in [-0.1, -0.05) is 96.9 Å². The van der Waals surface area contributed by atoms with E-state index in [2.05, 4.69) is 52.0 Å². The van der Waals surface area contributed by atoms with E-state index in [1.54, 1.807) is 5.56 Å². The van der Waals surface area contributed by atoms with Crippen LogP contribution in [0.5, 0.6) is 0 Å². The van der Waals surface area contributed by atoms with Crippen molar-refractivity contribution in [1.29, 1.82) is 0 Å². The zero-order valence-electron chi connectivity index (χ0n) is 14.8. The van der Waals surface area contributed by atoms with Crippen molar-refractivity contribution >= 4 is 0 Å². The van der Waals surface area contributed by atoms with Gasteiger partial charge in [-0.15, -0.1) is 0 Å². The maximum atomic E-state index is 2.37. The lowest BCUT2D eigenvalue weighted by Gasteiger charge is -2.16. The van der Waals surface area contributed by atoms with Crippen molar-refractivity contribution in [3.05, 3.63) is 35.4 Å². The first-order valence-corrected chi connectivity index (χ1v) is 9.28. The highest BCUT2D eigenvalue weighted by molar-refractivity contribution is 5.27. The Balaban J connectivity index is 2.30. The van der Waals surface area contributed by atoms with Crippen molar-refractivity contribution in [2.24, 2.45) is 0 Å². The maximum absolute atomic E-state index is 2.37. The summed E-state index contributed by atoms with van der Waals surface area (Å²) in [5.41, 5.74) is 3.01. The molecule has 0 aliphatic heterocycles. The largest absolute Gasteiger partial charge is 0.0654 e. The number of hydrogen-bond acceptors (Lipinski definition) is 0. The van der Waals surface area contributed by atoms with Crippen molar-refractivity contribution in [2.75, 3.05) is 0 Å². The van der Waals surface area contributed by atoms with E-state index >= 15 is 0 Å². The summed E-state index contributed by atoms with van der Waals surface area (Å²) in [5.74, 6) is 1.41. The Kier molecular flexibility index (Phi) is 9.46. The van der Waals surface area contributed by atoms with Crippen LogP contribution in [0.25, 0.3) is 0 Å². The third-order valence-corrected chi connectivity index (χ3v) is 4.72. The maximum Gasteiger partial charge on any atom is -0.0165 e. The minimum atomic E-state index is 0.641. The fourth-order valence-electron chi connectivity index (χ4n) is 3.11. The summed E-state index contributed by atoms with van der Waals surface area (Å²) < 4.78 is 0. The Morgan fingerprint density at radius 2 is 1.24 bits per heavy atom. The predicted molar refractivity (Wildman–Crippen MR) is 96.2 cm³/mol. The molecule has 120 valence electrons. The van der Waals surface area contributed by atoms with Crippen molar-refractivity contribution in [1.82, 2.24) is 0 Å². The van der Waals surface area contributed by atoms with E-state index in [-0.39, 0.29) is 0 Å². The molecule has 0 radical (unpaired) electrons. The Bertz CT molecular complexity index is 347. The molecule has 0 fully saturated rings. The van der Waals surface area contributed by atoms with Gasteiger partial charge in [-0.3, -0.25) is 0 Å². The molecule has 0 aliphatic rings. The molecule has 1 aromatic rings. The number of unbranched alkanes of at least 4 members (excludes halogenated alkanes) is 6. The van der Waals surface area contributed by atoms with E-state index in [4.69, 9.17) is 0 Å². The molecule has 0 heterocycles. The predicted octanol–water partition coefficient (Wildman–Crippen LogP) is 7.44. The van der Waals surface area contributed by atoms with Gasteiger partial charge in [0.2, 0.25) is 0 Å². The zero-order valence-corrected chi connectivity index (χ0v) is 14.8. The molecular weight excluding hydrogens is 252 g/mol. The van der Waals surface area contributed by atoms with Gasteiger partial charge in [0.25, 0.3) is 0 Å². The van der Waals surface area contributed by atoms with Gasteiger partial charge in [0.05, 0.1) is 0 Å². The van der Waals surface area contributed by atoms with Gasteiger partial charge < -0.3 is 0 Å². The molecule has 0 aromatic heterocycles. The molecule has 21 heavy (non-hydrogen) atoms. The van der Waals surface area contributed by atoms with Crippen LogP contribution >= 0.6 is 0 Å². The Morgan fingerprint density at radius 3 is 1.76 bits per heavy atom. The van der Waals surface area contributed by atoms with E-state index in [0.717, 1.165) is 5.92 Å². The van der Waals surface area contributed by atoms with Crippen LogP contribution < -0.4 is 0 Å². The SMILES string of the molecule is CCCCCCCCCC(CC)c1ccc(C(C)C)cc1. The number of benzene rings is 1. The summed E-state index contributed by atoms with van der Waals surface area (Å²) in [6.45, 7) is 9.16. The van der Waals surface area contributed by atoms with Gasteiger partial charge in [0.1, 0.15) is 0 Å². The Labute approximate surface area is 133 Å². The van der Waals surface area contributed by atoms with Crippen LogP contribution in [0.15, 0.2) is 24.3 Å². The molecule has 0 spiro atoms. The fraction of sp³-hybridized carbons (Fsp3) is 0.714. The first kappa shape index (κ1) is 18.3. The van der Waals surface area contributed by atoms with Gasteiger partial charge in [-0.25, -0.2) is 0 Å². The van der Waals surface area contributed by atoms with Crippen molar-refractivity contribution in [2.45, 2.75) is 97.3 Å². The standard InChI is InChI=1S/C21H36/c1-5-7-8-9-10-11-12-13-19(6-2)21-16-14-20(15-17-21)18(3)4/h14-19H,5-13H2,1-4H3. The van der Waals surface area contributed by atoms with Gasteiger partial charge in [-0.05, 0) is 35.8 Å². The molecule has 0 amide bonds. The molecule has 1 atom stereocenters. The van der Waals surface area contributed by atoms with Crippen LogP contribution in [0.2, 0.25) is 0 Å². The van der Waals surface area contributed by atoms with Crippen LogP contribution in [-0.2, 0) is 0 Å². The Hall–Kier alpha value is -0.780. The molecular formula is C21H36. The smallest absolute Gasteiger partial charge is 0.0165 e. The summed E-state index contributed by atoms with van der Waals surface area (Å²) >= 11 is 0. The van der Waals surface area contributed by atoms with Gasteiger partial charge in [0, 0.05) is 0 Å². The third-order valence-electron chi connectivity index (χ3n) is 4.72. The molecule has 0 N–H and O–H groups in total. The molecule has 0 saturated carbocycles. The Morgan fingerprint density at radius 1 is 0.714 bits per heavy atom. The average Bonchev–Trinajstić information content (AvgIpc) is 2.50. The van der Waals surface area contributed by atoms with Crippen LogP contribution in [0.3, 0.4) is 0 Å². The second kappa shape index (κ2) is 10.9. The van der Waals surface area contributed by atoms with Crippen LogP contribution in [0.4, 0.5) is 0 Å². The van der Waals surface area contributed by atoms with E-state index in [1.807, 2.05) is 0 Å². The lowest BCUT2D eigenvalue weighted by molar-refractivity contribution is 0.525. The third kappa shape index (κ3) is 7.16. The lowest BCUT2D eigenvalue weighted by atomic mass is 9.89. The van der Waals surface area contributed by atoms with Crippen LogP contribution in [0, 0.1) is 0 Å². The lowest BCUT2D eigenvalue weighted by Crippen LogP contribution is -1.98. The first-order valence-electron chi connectivity index (χ1n) is 9.28. The topological polar surface area (TPSA) is 0 Å². The minimum Gasteiger partial charge on any atom is -0.0654 e. The monoisotopic (exact) mass is 288 g/mol. The van der Waals surface area contributed by atoms with Gasteiger partial charge in [0.15, 0.2) is 0 Å². The highest BCUT2D eigenvalue weighted by Crippen LogP contribution is 2.27. The molecule has 1 aromatic carbocycles. The molecule has 0 saturated heterocycles. The summed E-state index contributed by atoms with van der Waals surface area (Å²) in [4.78, 5) is 0. The van der Waals surface area contributed by atoms with Crippen molar-refractivity contribution < 1.29 is 0 Å². The molecule has 0 bridgehead atoms. The number of rotatable bonds is 11. The van der Waals surface area contributed by atoms with E-state index in [9.17, 15) is 0 Å². The summed E-state index contributed by atoms with van der Waals surface area (Å²) in [6.07, 6.45) is 12.5. The molecule has 1 unspecified atom stereocenters. The van der Waals surface area contributed by atoms with Gasteiger partial charge >= 0.3 is 0 Å². The summed E-state index contributed by atoms with van der Waals surface area (Å²) in [7, 11) is 0. The van der Waals surface area contributed by atoms with E-state index < -0.39 is 0 Å². The highest BCUT2D eigenvalue weighted by atomic mass is 14.1. The van der Waals surface area contributed by atoms with Crippen molar-refractivity contribution in [3.8, 4) is 0 Å². The van der Waals surface area contributed by atoms with Crippen molar-refractivity contribution in [3.63, 3.8) is 0 Å². The van der Waals surface area contributed by atoms with E-state index in [1.165, 1.54) is 63.4 Å². The minimum absolute atomic E-state index is 0.641. The molecule has 0 nitrogen and oxygen atoms in total. The normalized spacial score (nSPS) is 12.8. The van der Waals surface area contributed by atoms with Crippen LogP contribution in [-0.4, -0.2) is 0 Å². The fourth-order valence-corrected chi connectivity index (χ4v) is 3.11. The zero-order chi connectivity index (χ0) is 15.5. The average molecular weight is 289 g/mol. The quantitative estimate of drug-likeness (QED) is 0.371. The second-order valence-electron chi connectivity index (χ2n) is 6.84.